The van der Waals surface area contributed by atoms with Crippen LogP contribution in [0.1, 0.15) is 36.2 Å². The summed E-state index contributed by atoms with van der Waals surface area (Å²) in [4.78, 5) is 22.2. The van der Waals surface area contributed by atoms with Crippen molar-refractivity contribution in [2.75, 3.05) is 6.54 Å². The fourth-order valence-corrected chi connectivity index (χ4v) is 1.53. The van der Waals surface area contributed by atoms with Gasteiger partial charge in [0, 0.05) is 13.0 Å². The number of rotatable bonds is 6. The van der Waals surface area contributed by atoms with Crippen molar-refractivity contribution in [3.05, 3.63) is 47.0 Å². The minimum absolute atomic E-state index is 0.000175. The van der Waals surface area contributed by atoms with Crippen LogP contribution in [0.4, 0.5) is 0 Å². The number of nitrogens with one attached hydrogen (secondary N) is 1. The van der Waals surface area contributed by atoms with Gasteiger partial charge in [-0.1, -0.05) is 23.8 Å². The number of carbonyl (C=O) groups excluding carboxylic acids is 1. The highest BCUT2D eigenvalue weighted by molar-refractivity contribution is 5.87. The summed E-state index contributed by atoms with van der Waals surface area (Å²) in [5.41, 5.74) is 2.39. The molecule has 0 aromatic heterocycles. The Morgan fingerprint density at radius 1 is 1.21 bits per heavy atom. The second-order valence-corrected chi connectivity index (χ2v) is 4.59. The fraction of sp³-hybridized carbons (Fsp3) is 0.333. The molecule has 0 heterocycles. The third kappa shape index (κ3) is 5.86. The van der Waals surface area contributed by atoms with E-state index < -0.39 is 5.97 Å². The molecule has 0 bridgehead atoms. The Labute approximate surface area is 113 Å². The van der Waals surface area contributed by atoms with E-state index in [-0.39, 0.29) is 11.5 Å². The molecule has 0 aliphatic heterocycles. The summed E-state index contributed by atoms with van der Waals surface area (Å²) in [6, 6.07) is 6.59. The number of benzene rings is 1. The average Bonchev–Trinajstić information content (AvgIpc) is 2.36. The number of carboxylic acid groups (broad SMARTS) is 1. The van der Waals surface area contributed by atoms with Crippen molar-refractivity contribution < 1.29 is 14.7 Å². The second-order valence-electron chi connectivity index (χ2n) is 4.59. The number of allylic oxidation sites excluding steroid dienone is 1. The molecule has 1 rings (SSSR count). The van der Waals surface area contributed by atoms with Crippen molar-refractivity contribution in [3.8, 4) is 0 Å². The van der Waals surface area contributed by atoms with Gasteiger partial charge in [-0.3, -0.25) is 4.79 Å². The van der Waals surface area contributed by atoms with Crippen molar-refractivity contribution in [2.45, 2.75) is 26.7 Å². The van der Waals surface area contributed by atoms with Crippen LogP contribution >= 0.6 is 0 Å². The van der Waals surface area contributed by atoms with Gasteiger partial charge in [-0.05, 0) is 38.0 Å². The number of aromatic carboxylic acids is 1. The van der Waals surface area contributed by atoms with Gasteiger partial charge in [0.05, 0.1) is 5.56 Å². The van der Waals surface area contributed by atoms with Crippen LogP contribution in [-0.2, 0) is 11.2 Å². The highest BCUT2D eigenvalue weighted by Gasteiger charge is 2.04. The van der Waals surface area contributed by atoms with E-state index in [0.717, 1.165) is 5.56 Å². The fourth-order valence-electron chi connectivity index (χ4n) is 1.53. The molecule has 0 fully saturated rings. The first-order valence-corrected chi connectivity index (χ1v) is 6.21. The van der Waals surface area contributed by atoms with Gasteiger partial charge in [-0.2, -0.15) is 0 Å². The Morgan fingerprint density at radius 3 is 2.37 bits per heavy atom. The minimum Gasteiger partial charge on any atom is -0.478 e. The molecule has 1 aromatic rings. The van der Waals surface area contributed by atoms with Gasteiger partial charge in [0.1, 0.15) is 0 Å². The van der Waals surface area contributed by atoms with E-state index >= 15 is 0 Å². The maximum Gasteiger partial charge on any atom is 0.335 e. The van der Waals surface area contributed by atoms with Crippen molar-refractivity contribution in [2.24, 2.45) is 0 Å². The molecule has 0 aliphatic carbocycles. The lowest BCUT2D eigenvalue weighted by molar-refractivity contribution is -0.120. The summed E-state index contributed by atoms with van der Waals surface area (Å²) >= 11 is 0. The molecule has 4 heteroatoms. The van der Waals surface area contributed by atoms with Crippen molar-refractivity contribution in [1.82, 2.24) is 5.32 Å². The Bertz CT molecular complexity index is 471. The van der Waals surface area contributed by atoms with Crippen LogP contribution < -0.4 is 5.32 Å². The van der Waals surface area contributed by atoms with Crippen LogP contribution in [0, 0.1) is 0 Å². The zero-order valence-corrected chi connectivity index (χ0v) is 11.3. The quantitative estimate of drug-likeness (QED) is 0.773. The second kappa shape index (κ2) is 7.36. The summed E-state index contributed by atoms with van der Waals surface area (Å²) in [6.45, 7) is 4.52. The Hall–Kier alpha value is -2.10. The molecular formula is C15H19NO3. The monoisotopic (exact) mass is 261 g/mol. The van der Waals surface area contributed by atoms with E-state index in [9.17, 15) is 9.59 Å². The first-order chi connectivity index (χ1) is 8.99. The summed E-state index contributed by atoms with van der Waals surface area (Å²) in [7, 11) is 0. The molecule has 0 atom stereocenters. The molecule has 0 spiro atoms. The van der Waals surface area contributed by atoms with Gasteiger partial charge < -0.3 is 10.4 Å². The Morgan fingerprint density at radius 2 is 1.84 bits per heavy atom. The van der Waals surface area contributed by atoms with E-state index in [1.54, 1.807) is 24.3 Å². The van der Waals surface area contributed by atoms with Gasteiger partial charge in [-0.15, -0.1) is 0 Å². The lowest BCUT2D eigenvalue weighted by atomic mass is 10.1. The smallest absolute Gasteiger partial charge is 0.335 e. The zero-order chi connectivity index (χ0) is 14.3. The summed E-state index contributed by atoms with van der Waals surface area (Å²) < 4.78 is 0. The lowest BCUT2D eigenvalue weighted by Crippen LogP contribution is -2.23. The molecule has 1 amide bonds. The van der Waals surface area contributed by atoms with Gasteiger partial charge in [-0.25, -0.2) is 4.79 Å². The highest BCUT2D eigenvalue weighted by atomic mass is 16.4. The average molecular weight is 261 g/mol. The SMILES string of the molecule is CC(C)=CCNC(=O)CCc1ccc(C(=O)O)cc1. The number of carboxylic acids is 1. The van der Waals surface area contributed by atoms with E-state index in [1.165, 1.54) is 5.57 Å². The molecule has 102 valence electrons. The molecule has 1 aromatic carbocycles. The summed E-state index contributed by atoms with van der Waals surface area (Å²) in [6.07, 6.45) is 2.98. The summed E-state index contributed by atoms with van der Waals surface area (Å²) in [5, 5.41) is 11.6. The number of aryl methyl sites for hydroxylation is 1. The molecule has 0 radical (unpaired) electrons. The molecular weight excluding hydrogens is 242 g/mol. The molecule has 0 aliphatic rings. The Balaban J connectivity index is 2.38. The Kier molecular flexibility index (Phi) is 5.79. The molecule has 0 saturated heterocycles. The predicted molar refractivity (Wildman–Crippen MR) is 74.2 cm³/mol. The van der Waals surface area contributed by atoms with Crippen LogP contribution in [0.15, 0.2) is 35.9 Å². The standard InChI is InChI=1S/C15H19NO3/c1-11(2)9-10-16-14(17)8-5-12-3-6-13(7-4-12)15(18)19/h3-4,6-7,9H,5,8,10H2,1-2H3,(H,16,17)(H,18,19). The third-order valence-corrected chi connectivity index (χ3v) is 2.65. The van der Waals surface area contributed by atoms with E-state index in [2.05, 4.69) is 5.32 Å². The van der Waals surface area contributed by atoms with Gasteiger partial charge in [0.2, 0.25) is 5.91 Å². The topological polar surface area (TPSA) is 66.4 Å². The number of amides is 1. The predicted octanol–water partition coefficient (Wildman–Crippen LogP) is 2.40. The number of carbonyl (C=O) groups is 2. The van der Waals surface area contributed by atoms with Gasteiger partial charge in [0.25, 0.3) is 0 Å². The van der Waals surface area contributed by atoms with Crippen molar-refractivity contribution >= 4 is 11.9 Å². The van der Waals surface area contributed by atoms with Crippen molar-refractivity contribution in [1.29, 1.82) is 0 Å². The van der Waals surface area contributed by atoms with Gasteiger partial charge in [0.15, 0.2) is 0 Å². The van der Waals surface area contributed by atoms with E-state index in [4.69, 9.17) is 5.11 Å². The van der Waals surface area contributed by atoms with Crippen LogP contribution in [0.3, 0.4) is 0 Å². The normalized spacial score (nSPS) is 9.79. The van der Waals surface area contributed by atoms with Crippen LogP contribution in [0.25, 0.3) is 0 Å². The molecule has 19 heavy (non-hydrogen) atoms. The largest absolute Gasteiger partial charge is 0.478 e. The van der Waals surface area contributed by atoms with Crippen LogP contribution in [0.5, 0.6) is 0 Å². The first-order valence-electron chi connectivity index (χ1n) is 6.21. The number of hydrogen-bond acceptors (Lipinski definition) is 2. The van der Waals surface area contributed by atoms with Crippen molar-refractivity contribution in [3.63, 3.8) is 0 Å². The zero-order valence-electron chi connectivity index (χ0n) is 11.3. The molecule has 2 N–H and O–H groups in total. The lowest BCUT2D eigenvalue weighted by Gasteiger charge is -2.04. The molecule has 0 saturated carbocycles. The minimum atomic E-state index is -0.939. The molecule has 0 unspecified atom stereocenters. The molecule has 4 nitrogen and oxygen atoms in total. The van der Waals surface area contributed by atoms with Crippen LogP contribution in [0.2, 0.25) is 0 Å². The maximum atomic E-state index is 11.5. The van der Waals surface area contributed by atoms with Crippen LogP contribution in [-0.4, -0.2) is 23.5 Å². The van der Waals surface area contributed by atoms with E-state index in [0.29, 0.717) is 19.4 Å². The summed E-state index contributed by atoms with van der Waals surface area (Å²) in [5.74, 6) is -0.939. The van der Waals surface area contributed by atoms with E-state index in [1.807, 2.05) is 19.9 Å². The maximum absolute atomic E-state index is 11.5. The van der Waals surface area contributed by atoms with Gasteiger partial charge >= 0.3 is 5.97 Å². The number of hydrogen-bond donors (Lipinski definition) is 2. The third-order valence-electron chi connectivity index (χ3n) is 2.65. The first kappa shape index (κ1) is 15.0. The highest BCUT2D eigenvalue weighted by Crippen LogP contribution is 2.06.